The van der Waals surface area contributed by atoms with E-state index in [0.717, 1.165) is 10.8 Å². The van der Waals surface area contributed by atoms with Crippen LogP contribution in [0.5, 0.6) is 11.5 Å². The van der Waals surface area contributed by atoms with Gasteiger partial charge in [0.05, 0.1) is 0 Å². The number of rotatable bonds is 3. The average molecular weight is 345 g/mol. The topological polar surface area (TPSA) is 77.2 Å². The molecule has 0 bridgehead atoms. The number of nitrogens with zero attached hydrogens (tertiary/aromatic N) is 3. The number of carbonyl (C=O) groups is 1. The van der Waals surface area contributed by atoms with Gasteiger partial charge < -0.3 is 9.84 Å². The van der Waals surface area contributed by atoms with Crippen molar-refractivity contribution in [3.8, 4) is 17.2 Å². The van der Waals surface area contributed by atoms with Gasteiger partial charge in [0.2, 0.25) is 0 Å². The number of aromatic nitrogens is 3. The Hall–Kier alpha value is -3.67. The Morgan fingerprint density at radius 1 is 1.08 bits per heavy atom. The van der Waals surface area contributed by atoms with Crippen LogP contribution in [0.1, 0.15) is 6.92 Å². The van der Waals surface area contributed by atoms with Gasteiger partial charge in [0.15, 0.2) is 11.5 Å². The fourth-order valence-electron chi connectivity index (χ4n) is 2.72. The van der Waals surface area contributed by atoms with Crippen LogP contribution in [-0.4, -0.2) is 26.1 Å². The summed E-state index contributed by atoms with van der Waals surface area (Å²) in [5.74, 6) is -0.785. The van der Waals surface area contributed by atoms with Crippen LogP contribution in [0.2, 0.25) is 0 Å². The highest BCUT2D eigenvalue weighted by molar-refractivity contribution is 5.97. The zero-order chi connectivity index (χ0) is 18.3. The van der Waals surface area contributed by atoms with Crippen molar-refractivity contribution >= 4 is 27.8 Å². The lowest BCUT2D eigenvalue weighted by Crippen LogP contribution is -2.09. The standard InChI is InChI=1S/C20H15N3O3/c1-12(2)20(25)26-17-11-13-7-3-4-8-14(13)18(19(17)24)23-21-15-9-5-6-10-16(15)22-23/h3-11,24H,1H2,2H3. The largest absolute Gasteiger partial charge is 0.503 e. The lowest BCUT2D eigenvalue weighted by atomic mass is 10.1. The summed E-state index contributed by atoms with van der Waals surface area (Å²) in [6.45, 7) is 5.11. The van der Waals surface area contributed by atoms with E-state index >= 15 is 0 Å². The van der Waals surface area contributed by atoms with Gasteiger partial charge in [-0.3, -0.25) is 0 Å². The number of phenols is 1. The van der Waals surface area contributed by atoms with E-state index in [0.29, 0.717) is 16.7 Å². The smallest absolute Gasteiger partial charge is 0.338 e. The highest BCUT2D eigenvalue weighted by atomic mass is 16.5. The first-order valence-electron chi connectivity index (χ1n) is 7.99. The SMILES string of the molecule is C=C(C)C(=O)Oc1cc2ccccc2c(-n2nc3ccccc3n2)c1O. The van der Waals surface area contributed by atoms with Gasteiger partial charge in [-0.25, -0.2) is 4.79 Å². The van der Waals surface area contributed by atoms with E-state index in [2.05, 4.69) is 16.8 Å². The molecule has 128 valence electrons. The van der Waals surface area contributed by atoms with E-state index < -0.39 is 5.97 Å². The molecular formula is C20H15N3O3. The maximum Gasteiger partial charge on any atom is 0.338 e. The highest BCUT2D eigenvalue weighted by Crippen LogP contribution is 2.39. The second-order valence-corrected chi connectivity index (χ2v) is 5.94. The number of hydrogen-bond donors (Lipinski definition) is 1. The first-order valence-corrected chi connectivity index (χ1v) is 7.99. The van der Waals surface area contributed by atoms with Crippen LogP contribution >= 0.6 is 0 Å². The Balaban J connectivity index is 1.98. The summed E-state index contributed by atoms with van der Waals surface area (Å²) in [5.41, 5.74) is 1.98. The molecule has 26 heavy (non-hydrogen) atoms. The molecule has 0 aliphatic rings. The van der Waals surface area contributed by atoms with Gasteiger partial charge in [0.1, 0.15) is 16.7 Å². The van der Waals surface area contributed by atoms with E-state index in [-0.39, 0.29) is 17.1 Å². The minimum absolute atomic E-state index is 0.0352. The fraction of sp³-hybridized carbons (Fsp3) is 0.0500. The van der Waals surface area contributed by atoms with Crippen molar-refractivity contribution in [3.05, 3.63) is 66.7 Å². The second kappa shape index (κ2) is 6.00. The molecule has 3 aromatic carbocycles. The molecule has 4 aromatic rings. The zero-order valence-electron chi connectivity index (χ0n) is 14.0. The molecule has 6 nitrogen and oxygen atoms in total. The van der Waals surface area contributed by atoms with Gasteiger partial charge in [-0.1, -0.05) is 43.0 Å². The molecule has 4 rings (SSSR count). The lowest BCUT2D eigenvalue weighted by molar-refractivity contribution is -0.130. The molecule has 0 saturated heterocycles. The Labute approximate surface area is 148 Å². The molecule has 0 aliphatic heterocycles. The summed E-state index contributed by atoms with van der Waals surface area (Å²) in [7, 11) is 0. The number of esters is 1. The van der Waals surface area contributed by atoms with Crippen LogP contribution < -0.4 is 4.74 Å². The number of hydrogen-bond acceptors (Lipinski definition) is 5. The van der Waals surface area contributed by atoms with Crippen molar-refractivity contribution in [2.75, 3.05) is 0 Å². The van der Waals surface area contributed by atoms with Crippen molar-refractivity contribution in [2.24, 2.45) is 0 Å². The predicted molar refractivity (Wildman–Crippen MR) is 98.5 cm³/mol. The average Bonchev–Trinajstić information content (AvgIpc) is 3.05. The van der Waals surface area contributed by atoms with Crippen molar-refractivity contribution in [1.29, 1.82) is 0 Å². The molecule has 0 fully saturated rings. The van der Waals surface area contributed by atoms with Crippen LogP contribution in [0.15, 0.2) is 66.7 Å². The minimum Gasteiger partial charge on any atom is -0.503 e. The van der Waals surface area contributed by atoms with Crippen molar-refractivity contribution in [2.45, 2.75) is 6.92 Å². The Bertz CT molecular complexity index is 1140. The molecule has 6 heteroatoms. The van der Waals surface area contributed by atoms with Gasteiger partial charge in [-0.2, -0.15) is 0 Å². The molecule has 0 atom stereocenters. The van der Waals surface area contributed by atoms with E-state index in [9.17, 15) is 9.90 Å². The van der Waals surface area contributed by atoms with E-state index in [4.69, 9.17) is 4.74 Å². The number of fused-ring (bicyclic) bond motifs is 2. The number of carbonyl (C=O) groups excluding carboxylic acids is 1. The molecule has 0 spiro atoms. The monoisotopic (exact) mass is 345 g/mol. The molecule has 1 aromatic heterocycles. The normalized spacial score (nSPS) is 11.0. The number of phenolic OH excluding ortho intramolecular Hbond substituents is 1. The van der Waals surface area contributed by atoms with Gasteiger partial charge >= 0.3 is 5.97 Å². The summed E-state index contributed by atoms with van der Waals surface area (Å²) < 4.78 is 5.29. The molecule has 0 aliphatic carbocycles. The van der Waals surface area contributed by atoms with Crippen LogP contribution in [0.4, 0.5) is 0 Å². The van der Waals surface area contributed by atoms with Crippen LogP contribution in [0.3, 0.4) is 0 Å². The third-order valence-electron chi connectivity index (χ3n) is 4.00. The minimum atomic E-state index is -0.611. The van der Waals surface area contributed by atoms with Crippen molar-refractivity contribution in [3.63, 3.8) is 0 Å². The van der Waals surface area contributed by atoms with Gasteiger partial charge in [-0.15, -0.1) is 15.0 Å². The van der Waals surface area contributed by atoms with Gasteiger partial charge in [0, 0.05) is 11.0 Å². The van der Waals surface area contributed by atoms with Crippen LogP contribution in [0, 0.1) is 0 Å². The number of ether oxygens (including phenoxy) is 1. The van der Waals surface area contributed by atoms with Gasteiger partial charge in [-0.05, 0) is 30.5 Å². The molecule has 1 heterocycles. The number of benzene rings is 3. The summed E-state index contributed by atoms with van der Waals surface area (Å²) in [4.78, 5) is 13.3. The maximum atomic E-state index is 11.9. The van der Waals surface area contributed by atoms with Crippen LogP contribution in [0.25, 0.3) is 27.5 Å². The Morgan fingerprint density at radius 2 is 1.69 bits per heavy atom. The van der Waals surface area contributed by atoms with Crippen molar-refractivity contribution < 1.29 is 14.6 Å². The maximum absolute atomic E-state index is 11.9. The quantitative estimate of drug-likeness (QED) is 0.347. The molecule has 0 saturated carbocycles. The zero-order valence-corrected chi connectivity index (χ0v) is 14.0. The first-order chi connectivity index (χ1) is 12.5. The third-order valence-corrected chi connectivity index (χ3v) is 4.00. The van der Waals surface area contributed by atoms with E-state index in [1.165, 1.54) is 4.80 Å². The lowest BCUT2D eigenvalue weighted by Gasteiger charge is -2.13. The Morgan fingerprint density at radius 3 is 2.35 bits per heavy atom. The fourth-order valence-corrected chi connectivity index (χ4v) is 2.72. The van der Waals surface area contributed by atoms with E-state index in [1.807, 2.05) is 48.5 Å². The Kier molecular flexibility index (Phi) is 3.65. The second-order valence-electron chi connectivity index (χ2n) is 5.94. The summed E-state index contributed by atoms with van der Waals surface area (Å²) in [6.07, 6.45) is 0. The summed E-state index contributed by atoms with van der Waals surface area (Å²) in [5, 5.41) is 21.2. The van der Waals surface area contributed by atoms with Gasteiger partial charge in [0.25, 0.3) is 0 Å². The predicted octanol–water partition coefficient (Wildman–Crippen LogP) is 3.76. The van der Waals surface area contributed by atoms with Crippen LogP contribution in [-0.2, 0) is 4.79 Å². The van der Waals surface area contributed by atoms with E-state index in [1.54, 1.807) is 13.0 Å². The third kappa shape index (κ3) is 2.57. The highest BCUT2D eigenvalue weighted by Gasteiger charge is 2.20. The molecular weight excluding hydrogens is 330 g/mol. The molecule has 0 amide bonds. The molecule has 0 unspecified atom stereocenters. The molecule has 0 radical (unpaired) electrons. The van der Waals surface area contributed by atoms with Crippen molar-refractivity contribution in [1.82, 2.24) is 15.0 Å². The summed E-state index contributed by atoms with van der Waals surface area (Å²) >= 11 is 0. The number of aromatic hydroxyl groups is 1. The summed E-state index contributed by atoms with van der Waals surface area (Å²) in [6, 6.07) is 16.4. The first kappa shape index (κ1) is 15.8. The molecule has 1 N–H and O–H groups in total.